The Kier molecular flexibility index (Phi) is 23.7. The van der Waals surface area contributed by atoms with E-state index in [0.717, 1.165) is 0 Å². The van der Waals surface area contributed by atoms with Crippen LogP contribution in [0.2, 0.25) is 0 Å². The third-order valence-corrected chi connectivity index (χ3v) is 3.39. The fourth-order valence-corrected chi connectivity index (χ4v) is 1.71. The molecule has 0 spiro atoms. The van der Waals surface area contributed by atoms with Crippen LogP contribution in [0.25, 0.3) is 0 Å². The average molecular weight is 429 g/mol. The van der Waals surface area contributed by atoms with E-state index in [1.54, 1.807) is 14.0 Å². The minimum atomic E-state index is -0.463. The summed E-state index contributed by atoms with van der Waals surface area (Å²) in [7, 11) is 1.61. The van der Waals surface area contributed by atoms with Gasteiger partial charge in [0.05, 0.1) is 90.0 Å². The van der Waals surface area contributed by atoms with Gasteiger partial charge in [0.25, 0.3) is 0 Å². The van der Waals surface area contributed by atoms with Gasteiger partial charge >= 0.3 is 0 Å². The van der Waals surface area contributed by atoms with Crippen LogP contribution in [0, 0.1) is 0 Å². The normalized spacial score (nSPS) is 16.4. The Bertz CT molecular complexity index is 312. The van der Waals surface area contributed by atoms with Gasteiger partial charge < -0.3 is 43.7 Å². The van der Waals surface area contributed by atoms with E-state index in [1.807, 2.05) is 27.7 Å². The maximum atomic E-state index is 9.12. The van der Waals surface area contributed by atoms with Crippen molar-refractivity contribution in [2.24, 2.45) is 0 Å². The molecule has 0 aliphatic rings. The molecule has 0 rings (SSSR count). The molecule has 178 valence electrons. The van der Waals surface area contributed by atoms with Crippen LogP contribution in [0.3, 0.4) is 0 Å². The van der Waals surface area contributed by atoms with E-state index < -0.39 is 6.10 Å². The largest absolute Gasteiger partial charge is 0.394 e. The second-order valence-electron chi connectivity index (χ2n) is 6.94. The van der Waals surface area contributed by atoms with E-state index >= 15 is 0 Å². The Morgan fingerprint density at radius 2 is 1.07 bits per heavy atom. The molecule has 0 radical (unpaired) electrons. The number of ether oxygens (including phenoxy) is 6. The van der Waals surface area contributed by atoms with Gasteiger partial charge in [-0.2, -0.15) is 0 Å². The molecule has 0 amide bonds. The van der Waals surface area contributed by atoms with Crippen LogP contribution in [-0.4, -0.2) is 112 Å². The predicted molar refractivity (Wildman–Crippen MR) is 110 cm³/mol. The molecule has 9 nitrogen and oxygen atoms in total. The van der Waals surface area contributed by atoms with Gasteiger partial charge in [0, 0.05) is 7.11 Å². The molecule has 9 heteroatoms. The number of rotatable bonds is 18. The zero-order valence-corrected chi connectivity index (χ0v) is 19.0. The van der Waals surface area contributed by atoms with Gasteiger partial charge in [0.15, 0.2) is 0 Å². The summed E-state index contributed by atoms with van der Waals surface area (Å²) < 4.78 is 31.5. The lowest BCUT2D eigenvalue weighted by molar-refractivity contribution is -0.0936. The fourth-order valence-electron chi connectivity index (χ4n) is 1.71. The Morgan fingerprint density at radius 3 is 1.45 bits per heavy atom. The quantitative estimate of drug-likeness (QED) is 0.270. The summed E-state index contributed by atoms with van der Waals surface area (Å²) in [5.74, 6) is 0. The highest BCUT2D eigenvalue weighted by Crippen LogP contribution is 2.02. The van der Waals surface area contributed by atoms with Crippen molar-refractivity contribution >= 4 is 0 Å². The lowest BCUT2D eigenvalue weighted by Gasteiger charge is -2.21. The summed E-state index contributed by atoms with van der Waals surface area (Å²) in [6.07, 6.45) is -0.783. The van der Waals surface area contributed by atoms with Crippen molar-refractivity contribution in [2.45, 2.75) is 65.1 Å². The number of methoxy groups -OCH3 is 1. The summed E-state index contributed by atoms with van der Waals surface area (Å²) in [6.45, 7) is 12.6. The van der Waals surface area contributed by atoms with Crippen molar-refractivity contribution in [3.8, 4) is 0 Å². The van der Waals surface area contributed by atoms with Gasteiger partial charge in [-0.05, 0) is 34.6 Å². The Morgan fingerprint density at radius 1 is 0.621 bits per heavy atom. The number of hydrogen-bond acceptors (Lipinski definition) is 9. The molecule has 0 aliphatic heterocycles. The third-order valence-electron chi connectivity index (χ3n) is 3.39. The molecule has 0 aromatic heterocycles. The van der Waals surface area contributed by atoms with Gasteiger partial charge in [-0.1, -0.05) is 0 Å². The molecule has 0 saturated carbocycles. The predicted octanol–water partition coefficient (Wildman–Crippen LogP) is 0.622. The standard InChI is InChI=1S/C15H32O6.C5H12O3/c1-11(17)7-18-13(3)9-20-15(5)10-21-14(4)8-19-12(2)6-16;1-7-4-5-8-3-2-6/h11-17H,6-10H2,1-5H3;6H,2-5H2,1H3. The first kappa shape index (κ1) is 30.8. The summed E-state index contributed by atoms with van der Waals surface area (Å²) in [6, 6.07) is 0. The molecule has 0 aliphatic carbocycles. The molecular formula is C20H44O9. The Balaban J connectivity index is 0. The van der Waals surface area contributed by atoms with Gasteiger partial charge in [-0.15, -0.1) is 0 Å². The molecule has 0 aromatic rings. The van der Waals surface area contributed by atoms with Crippen molar-refractivity contribution in [1.82, 2.24) is 0 Å². The summed E-state index contributed by atoms with van der Waals surface area (Å²) in [5, 5.41) is 26.2. The zero-order chi connectivity index (χ0) is 22.5. The van der Waals surface area contributed by atoms with Crippen molar-refractivity contribution in [3.63, 3.8) is 0 Å². The minimum Gasteiger partial charge on any atom is -0.394 e. The van der Waals surface area contributed by atoms with Gasteiger partial charge in [0.2, 0.25) is 0 Å². The molecule has 29 heavy (non-hydrogen) atoms. The molecule has 0 aromatic carbocycles. The SMILES string of the molecule is CC(O)COC(C)COC(C)COC(C)COC(C)CO.COCCOCCO. The monoisotopic (exact) mass is 428 g/mol. The van der Waals surface area contributed by atoms with Crippen LogP contribution in [0.15, 0.2) is 0 Å². The number of aliphatic hydroxyl groups is 3. The Hall–Kier alpha value is -0.360. The smallest absolute Gasteiger partial charge is 0.0781 e. The van der Waals surface area contributed by atoms with Gasteiger partial charge in [-0.3, -0.25) is 0 Å². The van der Waals surface area contributed by atoms with Crippen LogP contribution in [0.4, 0.5) is 0 Å². The van der Waals surface area contributed by atoms with E-state index in [2.05, 4.69) is 4.74 Å². The van der Waals surface area contributed by atoms with Crippen LogP contribution >= 0.6 is 0 Å². The first-order valence-electron chi connectivity index (χ1n) is 10.2. The van der Waals surface area contributed by atoms with Crippen molar-refractivity contribution < 1.29 is 43.7 Å². The van der Waals surface area contributed by atoms with Crippen molar-refractivity contribution in [2.75, 3.05) is 66.6 Å². The average Bonchev–Trinajstić information content (AvgIpc) is 2.70. The van der Waals surface area contributed by atoms with E-state index in [0.29, 0.717) is 46.2 Å². The second kappa shape index (κ2) is 22.3. The highest BCUT2D eigenvalue weighted by molar-refractivity contribution is 4.57. The molecular weight excluding hydrogens is 384 g/mol. The zero-order valence-electron chi connectivity index (χ0n) is 19.0. The summed E-state index contributed by atoms with van der Waals surface area (Å²) in [4.78, 5) is 0. The summed E-state index contributed by atoms with van der Waals surface area (Å²) >= 11 is 0. The molecule has 0 bridgehead atoms. The maximum absolute atomic E-state index is 9.12. The second-order valence-corrected chi connectivity index (χ2v) is 6.94. The molecule has 0 saturated heterocycles. The lowest BCUT2D eigenvalue weighted by atomic mass is 10.3. The van der Waals surface area contributed by atoms with Gasteiger partial charge in [-0.25, -0.2) is 0 Å². The third kappa shape index (κ3) is 25.6. The molecule has 3 N–H and O–H groups in total. The number of aliphatic hydroxyl groups excluding tert-OH is 3. The van der Waals surface area contributed by atoms with Crippen molar-refractivity contribution in [1.29, 1.82) is 0 Å². The fraction of sp³-hybridized carbons (Fsp3) is 1.00. The molecule has 0 fully saturated rings. The molecule has 0 heterocycles. The van der Waals surface area contributed by atoms with Crippen LogP contribution < -0.4 is 0 Å². The first-order chi connectivity index (χ1) is 13.8. The summed E-state index contributed by atoms with van der Waals surface area (Å²) in [5.41, 5.74) is 0. The minimum absolute atomic E-state index is 0.0105. The highest BCUT2D eigenvalue weighted by Gasteiger charge is 2.11. The highest BCUT2D eigenvalue weighted by atomic mass is 16.6. The van der Waals surface area contributed by atoms with Gasteiger partial charge in [0.1, 0.15) is 0 Å². The Labute approximate surface area is 176 Å². The van der Waals surface area contributed by atoms with Crippen molar-refractivity contribution in [3.05, 3.63) is 0 Å². The van der Waals surface area contributed by atoms with Crippen LogP contribution in [0.1, 0.15) is 34.6 Å². The maximum Gasteiger partial charge on any atom is 0.0781 e. The topological polar surface area (TPSA) is 116 Å². The molecule has 5 atom stereocenters. The van der Waals surface area contributed by atoms with Crippen LogP contribution in [-0.2, 0) is 28.4 Å². The number of hydrogen-bond donors (Lipinski definition) is 3. The van der Waals surface area contributed by atoms with Crippen LogP contribution in [0.5, 0.6) is 0 Å². The lowest BCUT2D eigenvalue weighted by Crippen LogP contribution is -2.28. The van der Waals surface area contributed by atoms with E-state index in [9.17, 15) is 0 Å². The first-order valence-corrected chi connectivity index (χ1v) is 10.2. The van der Waals surface area contributed by atoms with E-state index in [-0.39, 0.29) is 37.6 Å². The van der Waals surface area contributed by atoms with E-state index in [1.165, 1.54) is 0 Å². The van der Waals surface area contributed by atoms with E-state index in [4.69, 9.17) is 39.0 Å². The molecule has 5 unspecified atom stereocenters.